The second-order valence-corrected chi connectivity index (χ2v) is 5.65. The van der Waals surface area contributed by atoms with Gasteiger partial charge in [-0.2, -0.15) is 8.42 Å². The van der Waals surface area contributed by atoms with E-state index in [-0.39, 0.29) is 0 Å². The molecule has 0 fully saturated rings. The second-order valence-electron chi connectivity index (χ2n) is 4.66. The van der Waals surface area contributed by atoms with E-state index in [4.69, 9.17) is 8.42 Å². The van der Waals surface area contributed by atoms with Crippen molar-refractivity contribution in [3.63, 3.8) is 0 Å². The molecule has 0 aliphatic heterocycles. The molecule has 2 nitrogen and oxygen atoms in total. The van der Waals surface area contributed by atoms with Gasteiger partial charge in [0.05, 0.1) is 0 Å². The van der Waals surface area contributed by atoms with Gasteiger partial charge in [-0.15, -0.1) is 0 Å². The Kier molecular flexibility index (Phi) is 8.12. The Labute approximate surface area is 140 Å². The molecule has 0 aliphatic rings. The molecule has 0 saturated heterocycles. The molecule has 6 heteroatoms. The van der Waals surface area contributed by atoms with Gasteiger partial charge in [0.2, 0.25) is 0 Å². The van der Waals surface area contributed by atoms with Crippen LogP contribution >= 0.6 is 15.9 Å². The number of aryl methyl sites for hydroxylation is 1. The van der Waals surface area contributed by atoms with Crippen molar-refractivity contribution in [1.82, 2.24) is 0 Å². The van der Waals surface area contributed by atoms with Crippen LogP contribution in [0.4, 0.5) is 8.78 Å². The topological polar surface area (TPSA) is 34.1 Å². The van der Waals surface area contributed by atoms with Crippen molar-refractivity contribution in [3.8, 4) is 0 Å². The minimum atomic E-state index is -0.750. The molecule has 118 valence electrons. The zero-order valence-corrected chi connectivity index (χ0v) is 14.3. The highest BCUT2D eigenvalue weighted by Crippen LogP contribution is 2.23. The summed E-state index contributed by atoms with van der Waals surface area (Å²) in [5.41, 5.74) is 2.77. The van der Waals surface area contributed by atoms with Crippen LogP contribution in [0.2, 0.25) is 0 Å². The zero-order chi connectivity index (χ0) is 16.5. The summed E-state index contributed by atoms with van der Waals surface area (Å²) in [6.45, 7) is 2.13. The largest absolute Gasteiger partial charge is 0.335 e. The minimum absolute atomic E-state index is 0.457. The molecule has 0 N–H and O–H groups in total. The number of benzene rings is 2. The van der Waals surface area contributed by atoms with Gasteiger partial charge >= 0.3 is 11.6 Å². The Balaban J connectivity index is 0.000000745. The summed E-state index contributed by atoms with van der Waals surface area (Å²) in [5, 5.41) is 0. The summed E-state index contributed by atoms with van der Waals surface area (Å²) >= 11 is 2.77. The van der Waals surface area contributed by atoms with E-state index in [1.165, 1.54) is 17.7 Å². The highest BCUT2D eigenvalue weighted by atomic mass is 79.9. The first kappa shape index (κ1) is 18.6. The molecule has 0 aromatic heterocycles. The summed E-state index contributed by atoms with van der Waals surface area (Å²) in [4.78, 5) is 0. The lowest BCUT2D eigenvalue weighted by Crippen LogP contribution is -1.95. The molecule has 0 bridgehead atoms. The third kappa shape index (κ3) is 5.77. The van der Waals surface area contributed by atoms with Crippen molar-refractivity contribution < 1.29 is 17.2 Å². The SMILES string of the molecule is CCCc1ccc(Cc2ccc(F)cc2F)c(Br)c1.O=S=O. The molecule has 0 saturated carbocycles. The molecule has 22 heavy (non-hydrogen) atoms. The van der Waals surface area contributed by atoms with Crippen LogP contribution < -0.4 is 0 Å². The molecule has 2 rings (SSSR count). The summed E-state index contributed by atoms with van der Waals surface area (Å²) in [6.07, 6.45) is 2.58. The van der Waals surface area contributed by atoms with Gasteiger partial charge in [0, 0.05) is 17.0 Å². The van der Waals surface area contributed by atoms with Crippen LogP contribution in [0, 0.1) is 11.6 Å². The molecule has 2 aromatic rings. The van der Waals surface area contributed by atoms with E-state index in [0.29, 0.717) is 12.0 Å². The van der Waals surface area contributed by atoms with Gasteiger partial charge in [-0.3, -0.25) is 0 Å². The van der Waals surface area contributed by atoms with Gasteiger partial charge in [0.25, 0.3) is 0 Å². The monoisotopic (exact) mass is 388 g/mol. The van der Waals surface area contributed by atoms with Gasteiger partial charge in [-0.05, 0) is 35.2 Å². The summed E-state index contributed by atoms with van der Waals surface area (Å²) < 4.78 is 44.0. The van der Waals surface area contributed by atoms with E-state index >= 15 is 0 Å². The Morgan fingerprint density at radius 2 is 1.68 bits per heavy atom. The maximum Gasteiger partial charge on any atom is 0.335 e. The van der Waals surface area contributed by atoms with Crippen LogP contribution in [0.15, 0.2) is 40.9 Å². The van der Waals surface area contributed by atoms with Crippen molar-refractivity contribution in [2.24, 2.45) is 0 Å². The average Bonchev–Trinajstić information content (AvgIpc) is 2.45. The van der Waals surface area contributed by atoms with E-state index < -0.39 is 23.2 Å². The Bertz CT molecular complexity index is 671. The number of hydrogen-bond donors (Lipinski definition) is 0. The Hall–Kier alpha value is -1.40. The summed E-state index contributed by atoms with van der Waals surface area (Å²) in [7, 11) is 0. The van der Waals surface area contributed by atoms with Crippen molar-refractivity contribution in [1.29, 1.82) is 0 Å². The fourth-order valence-electron chi connectivity index (χ4n) is 2.05. The Morgan fingerprint density at radius 1 is 1.05 bits per heavy atom. The predicted octanol–water partition coefficient (Wildman–Crippen LogP) is 4.60. The lowest BCUT2D eigenvalue weighted by atomic mass is 10.0. The lowest BCUT2D eigenvalue weighted by Gasteiger charge is -2.08. The van der Waals surface area contributed by atoms with Gasteiger partial charge in [-0.1, -0.05) is 47.5 Å². The van der Waals surface area contributed by atoms with Crippen LogP contribution in [-0.4, -0.2) is 8.42 Å². The van der Waals surface area contributed by atoms with Crippen LogP contribution in [0.1, 0.15) is 30.0 Å². The zero-order valence-electron chi connectivity index (χ0n) is 11.9. The van der Waals surface area contributed by atoms with E-state index in [0.717, 1.165) is 28.9 Å². The van der Waals surface area contributed by atoms with Gasteiger partial charge in [-0.25, -0.2) is 8.78 Å². The van der Waals surface area contributed by atoms with Gasteiger partial charge < -0.3 is 0 Å². The first-order valence-corrected chi connectivity index (χ1v) is 8.10. The Morgan fingerprint density at radius 3 is 2.23 bits per heavy atom. The fourth-order valence-corrected chi connectivity index (χ4v) is 2.61. The van der Waals surface area contributed by atoms with Crippen LogP contribution in [0.5, 0.6) is 0 Å². The van der Waals surface area contributed by atoms with E-state index in [1.807, 2.05) is 6.07 Å². The third-order valence-electron chi connectivity index (χ3n) is 3.05. The molecule has 0 radical (unpaired) electrons. The molecule has 0 amide bonds. The molecule has 0 atom stereocenters. The van der Waals surface area contributed by atoms with Crippen LogP contribution in [0.25, 0.3) is 0 Å². The molecular weight excluding hydrogens is 374 g/mol. The number of rotatable bonds is 4. The smallest absolute Gasteiger partial charge is 0.207 e. The van der Waals surface area contributed by atoms with E-state index in [1.54, 1.807) is 0 Å². The fraction of sp³-hybridized carbons (Fsp3) is 0.250. The maximum absolute atomic E-state index is 13.6. The first-order valence-electron chi connectivity index (χ1n) is 6.64. The summed E-state index contributed by atoms with van der Waals surface area (Å²) in [6, 6.07) is 9.84. The lowest BCUT2D eigenvalue weighted by molar-refractivity contribution is 0.574. The minimum Gasteiger partial charge on any atom is -0.207 e. The van der Waals surface area contributed by atoms with Crippen molar-refractivity contribution in [2.45, 2.75) is 26.2 Å². The molecular formula is C16H15BrF2O2S. The molecule has 0 spiro atoms. The van der Waals surface area contributed by atoms with Crippen molar-refractivity contribution >= 4 is 27.5 Å². The van der Waals surface area contributed by atoms with E-state index in [9.17, 15) is 8.78 Å². The highest BCUT2D eigenvalue weighted by molar-refractivity contribution is 9.10. The van der Waals surface area contributed by atoms with Crippen molar-refractivity contribution in [2.75, 3.05) is 0 Å². The predicted molar refractivity (Wildman–Crippen MR) is 86.2 cm³/mol. The van der Waals surface area contributed by atoms with Crippen LogP contribution in [0.3, 0.4) is 0 Å². The normalized spacial score (nSPS) is 9.82. The average molecular weight is 389 g/mol. The second kappa shape index (κ2) is 9.58. The molecule has 0 aliphatic carbocycles. The molecule has 0 heterocycles. The third-order valence-corrected chi connectivity index (χ3v) is 3.79. The maximum atomic E-state index is 13.6. The summed E-state index contributed by atoms with van der Waals surface area (Å²) in [5.74, 6) is -1.04. The first-order chi connectivity index (χ1) is 10.5. The molecule has 0 unspecified atom stereocenters. The standard InChI is InChI=1S/C16H15BrF2.O2S/c1-2-3-11-4-5-12(15(17)8-11)9-13-6-7-14(18)10-16(13)19;1-3-2/h4-8,10H,2-3,9H2,1H3;. The molecule has 2 aromatic carbocycles. The number of hydrogen-bond acceptors (Lipinski definition) is 2. The van der Waals surface area contributed by atoms with Gasteiger partial charge in [0.15, 0.2) is 0 Å². The van der Waals surface area contributed by atoms with Crippen molar-refractivity contribution in [3.05, 3.63) is 69.2 Å². The number of halogens is 3. The van der Waals surface area contributed by atoms with Gasteiger partial charge in [0.1, 0.15) is 11.6 Å². The highest BCUT2D eigenvalue weighted by Gasteiger charge is 2.08. The van der Waals surface area contributed by atoms with E-state index in [2.05, 4.69) is 35.0 Å². The van der Waals surface area contributed by atoms with Crippen LogP contribution in [-0.2, 0) is 24.4 Å². The quantitative estimate of drug-likeness (QED) is 0.766.